The van der Waals surface area contributed by atoms with E-state index in [9.17, 15) is 17.6 Å². The Kier molecular flexibility index (Phi) is 6.36. The van der Waals surface area contributed by atoms with Gasteiger partial charge in [0.25, 0.3) is 0 Å². The van der Waals surface area contributed by atoms with Crippen molar-refractivity contribution in [3.63, 3.8) is 0 Å². The third-order valence-electron chi connectivity index (χ3n) is 3.22. The third kappa shape index (κ3) is 4.89. The molecule has 0 radical (unpaired) electrons. The number of sulfonamides is 1. The number of aromatic nitrogens is 2. The second-order valence-corrected chi connectivity index (χ2v) is 8.92. The summed E-state index contributed by atoms with van der Waals surface area (Å²) in [6.07, 6.45) is 3.06. The summed E-state index contributed by atoms with van der Waals surface area (Å²) in [7, 11) is -3.77. The van der Waals surface area contributed by atoms with E-state index in [1.807, 2.05) is 6.26 Å². The van der Waals surface area contributed by atoms with Crippen molar-refractivity contribution in [2.45, 2.75) is 23.7 Å². The summed E-state index contributed by atoms with van der Waals surface area (Å²) in [6.45, 7) is 1.69. The van der Waals surface area contributed by atoms with Crippen LogP contribution in [-0.2, 0) is 14.8 Å². The number of thioether (sulfide) groups is 1. The van der Waals surface area contributed by atoms with Crippen LogP contribution in [0.5, 0.6) is 0 Å². The van der Waals surface area contributed by atoms with Gasteiger partial charge in [0, 0.05) is 0 Å². The Morgan fingerprint density at radius 2 is 2.00 bits per heavy atom. The monoisotopic (exact) mass is 404 g/mol. The molecular weight excluding hydrogens is 387 g/mol. The summed E-state index contributed by atoms with van der Waals surface area (Å²) in [4.78, 5) is 12.6. The fourth-order valence-corrected chi connectivity index (χ4v) is 4.56. The first-order chi connectivity index (χ1) is 11.8. The highest BCUT2D eigenvalue weighted by atomic mass is 32.2. The average Bonchev–Trinajstić information content (AvgIpc) is 3.00. The molecule has 1 aromatic heterocycles. The molecule has 0 bridgehead atoms. The lowest BCUT2D eigenvalue weighted by Crippen LogP contribution is -2.47. The molecular formula is C14H17FN4O3S3. The van der Waals surface area contributed by atoms with Gasteiger partial charge in [-0.25, -0.2) is 12.8 Å². The van der Waals surface area contributed by atoms with E-state index in [1.54, 1.807) is 6.92 Å². The van der Waals surface area contributed by atoms with E-state index in [0.717, 1.165) is 22.7 Å². The van der Waals surface area contributed by atoms with Gasteiger partial charge in [0.2, 0.25) is 21.1 Å². The molecule has 136 valence electrons. The molecule has 0 spiro atoms. The molecule has 0 saturated heterocycles. The third-order valence-corrected chi connectivity index (χ3v) is 6.22. The minimum Gasteiger partial charge on any atom is -0.299 e. The summed E-state index contributed by atoms with van der Waals surface area (Å²) in [5, 5.41) is 10.6. The molecule has 7 nitrogen and oxygen atoms in total. The number of rotatable bonds is 7. The highest BCUT2D eigenvalue weighted by Gasteiger charge is 2.32. The van der Waals surface area contributed by atoms with Crippen LogP contribution in [0.2, 0.25) is 0 Å². The first-order valence-corrected chi connectivity index (χ1v) is 11.1. The van der Waals surface area contributed by atoms with E-state index in [4.69, 9.17) is 0 Å². The Hall–Kier alpha value is -1.72. The lowest BCUT2D eigenvalue weighted by atomic mass is 10.2. The van der Waals surface area contributed by atoms with Crippen LogP contribution in [0, 0.1) is 5.82 Å². The van der Waals surface area contributed by atoms with Gasteiger partial charge in [0.1, 0.15) is 11.9 Å². The number of nitrogens with zero attached hydrogens (tertiary/aromatic N) is 3. The van der Waals surface area contributed by atoms with Gasteiger partial charge in [-0.05, 0) is 36.9 Å². The normalized spacial score (nSPS) is 12.6. The Labute approximate surface area is 153 Å². The topological polar surface area (TPSA) is 92.3 Å². The maximum atomic E-state index is 13.1. The number of carbonyl (C=O) groups is 1. The lowest BCUT2D eigenvalue weighted by Gasteiger charge is -2.29. The van der Waals surface area contributed by atoms with E-state index < -0.39 is 27.8 Å². The molecule has 2 rings (SSSR count). The number of halogens is 1. The van der Waals surface area contributed by atoms with E-state index in [1.165, 1.54) is 35.2 Å². The molecule has 0 aliphatic heterocycles. The van der Waals surface area contributed by atoms with Crippen molar-refractivity contribution in [3.05, 3.63) is 30.1 Å². The van der Waals surface area contributed by atoms with E-state index in [-0.39, 0.29) is 12.1 Å². The summed E-state index contributed by atoms with van der Waals surface area (Å²) in [6, 6.07) is 3.94. The number of amides is 1. The zero-order valence-electron chi connectivity index (χ0n) is 13.8. The standard InChI is InChI=1S/C14H17FN4O3S3/c1-4-11(12(20)16-13-17-18-14(23-2)24-13)19(25(3,21)22)10-7-5-9(15)6-8-10/h5-8,11H,4H2,1-3H3,(H,16,17,20)/t11-/m0/s1. The average molecular weight is 405 g/mol. The quantitative estimate of drug-likeness (QED) is 0.563. The Morgan fingerprint density at radius 1 is 1.36 bits per heavy atom. The largest absolute Gasteiger partial charge is 0.299 e. The molecule has 0 unspecified atom stereocenters. The molecule has 1 amide bonds. The lowest BCUT2D eigenvalue weighted by molar-refractivity contribution is -0.117. The Balaban J connectivity index is 2.32. The summed E-state index contributed by atoms with van der Waals surface area (Å²) < 4.78 is 39.3. The van der Waals surface area contributed by atoms with Crippen molar-refractivity contribution >= 4 is 49.8 Å². The van der Waals surface area contributed by atoms with Crippen molar-refractivity contribution in [2.24, 2.45) is 0 Å². The fourth-order valence-electron chi connectivity index (χ4n) is 2.18. The highest BCUT2D eigenvalue weighted by Crippen LogP contribution is 2.26. The van der Waals surface area contributed by atoms with Crippen LogP contribution < -0.4 is 9.62 Å². The minimum absolute atomic E-state index is 0.216. The number of benzene rings is 1. The van der Waals surface area contributed by atoms with Crippen LogP contribution in [0.4, 0.5) is 15.2 Å². The van der Waals surface area contributed by atoms with Gasteiger partial charge in [0.15, 0.2) is 4.34 Å². The molecule has 11 heteroatoms. The van der Waals surface area contributed by atoms with Crippen LogP contribution in [0.1, 0.15) is 13.3 Å². The minimum atomic E-state index is -3.77. The second kappa shape index (κ2) is 8.11. The Bertz CT molecular complexity index is 839. The molecule has 0 aliphatic rings. The molecule has 1 heterocycles. The molecule has 1 N–H and O–H groups in total. The van der Waals surface area contributed by atoms with Crippen molar-refractivity contribution in [2.75, 3.05) is 22.1 Å². The van der Waals surface area contributed by atoms with Gasteiger partial charge in [-0.1, -0.05) is 30.0 Å². The Morgan fingerprint density at radius 3 is 2.48 bits per heavy atom. The molecule has 0 fully saturated rings. The van der Waals surface area contributed by atoms with E-state index in [2.05, 4.69) is 15.5 Å². The fraction of sp³-hybridized carbons (Fsp3) is 0.357. The van der Waals surface area contributed by atoms with Crippen molar-refractivity contribution in [3.8, 4) is 0 Å². The number of anilines is 2. The highest BCUT2D eigenvalue weighted by molar-refractivity contribution is 8.00. The number of carbonyl (C=O) groups excluding carboxylic acids is 1. The van der Waals surface area contributed by atoms with E-state index in [0.29, 0.717) is 9.47 Å². The van der Waals surface area contributed by atoms with Crippen LogP contribution in [0.15, 0.2) is 28.6 Å². The van der Waals surface area contributed by atoms with Crippen LogP contribution in [0.3, 0.4) is 0 Å². The predicted molar refractivity (Wildman–Crippen MR) is 98.1 cm³/mol. The van der Waals surface area contributed by atoms with Crippen molar-refractivity contribution in [1.82, 2.24) is 10.2 Å². The SMILES string of the molecule is CC[C@@H](C(=O)Nc1nnc(SC)s1)N(c1ccc(F)cc1)S(C)(=O)=O. The van der Waals surface area contributed by atoms with Gasteiger partial charge >= 0.3 is 0 Å². The van der Waals surface area contributed by atoms with Gasteiger partial charge in [-0.3, -0.25) is 14.4 Å². The first-order valence-electron chi connectivity index (χ1n) is 7.19. The number of nitrogens with one attached hydrogen (secondary N) is 1. The summed E-state index contributed by atoms with van der Waals surface area (Å²) >= 11 is 2.59. The molecule has 1 aromatic carbocycles. The molecule has 0 aliphatic carbocycles. The zero-order chi connectivity index (χ0) is 18.6. The van der Waals surface area contributed by atoms with E-state index >= 15 is 0 Å². The summed E-state index contributed by atoms with van der Waals surface area (Å²) in [5.41, 5.74) is 0.216. The second-order valence-electron chi connectivity index (χ2n) is 5.03. The number of hydrogen-bond donors (Lipinski definition) is 1. The smallest absolute Gasteiger partial charge is 0.250 e. The van der Waals surface area contributed by atoms with Gasteiger partial charge < -0.3 is 0 Å². The van der Waals surface area contributed by atoms with Crippen molar-refractivity contribution in [1.29, 1.82) is 0 Å². The van der Waals surface area contributed by atoms with Crippen LogP contribution in [0.25, 0.3) is 0 Å². The molecule has 25 heavy (non-hydrogen) atoms. The number of hydrogen-bond acceptors (Lipinski definition) is 7. The summed E-state index contributed by atoms with van der Waals surface area (Å²) in [5.74, 6) is -1.02. The molecule has 2 aromatic rings. The van der Waals surface area contributed by atoms with Gasteiger partial charge in [-0.15, -0.1) is 10.2 Å². The van der Waals surface area contributed by atoms with Crippen LogP contribution in [-0.4, -0.2) is 43.1 Å². The maximum Gasteiger partial charge on any atom is 0.250 e. The van der Waals surface area contributed by atoms with Gasteiger partial charge in [0.05, 0.1) is 11.9 Å². The molecule has 1 atom stereocenters. The predicted octanol–water partition coefficient (Wildman–Crippen LogP) is 2.58. The van der Waals surface area contributed by atoms with Gasteiger partial charge in [-0.2, -0.15) is 0 Å². The zero-order valence-corrected chi connectivity index (χ0v) is 16.2. The van der Waals surface area contributed by atoms with Crippen LogP contribution >= 0.6 is 23.1 Å². The first kappa shape index (κ1) is 19.6. The van der Waals surface area contributed by atoms with Crippen molar-refractivity contribution < 1.29 is 17.6 Å². The maximum absolute atomic E-state index is 13.1. The molecule has 0 saturated carbocycles.